The maximum Gasteiger partial charge on any atom is 0.336 e. The Kier molecular flexibility index (Phi) is 5.57. The summed E-state index contributed by atoms with van der Waals surface area (Å²) < 4.78 is 19.8. The van der Waals surface area contributed by atoms with E-state index in [9.17, 15) is 14.4 Å². The lowest BCUT2D eigenvalue weighted by molar-refractivity contribution is 0.288. The average molecular weight is 424 g/mol. The van der Waals surface area contributed by atoms with Gasteiger partial charge in [0, 0.05) is 19.6 Å². The largest absolute Gasteiger partial charge is 0.370 e. The predicted octanol–water partition coefficient (Wildman–Crippen LogP) is 0.879. The lowest BCUT2D eigenvalue weighted by atomic mass is 10.1. The monoisotopic (exact) mass is 423 g/mol. The lowest BCUT2D eigenvalue weighted by Crippen LogP contribution is -2.54. The summed E-state index contributed by atoms with van der Waals surface area (Å²) in [6.45, 7) is 9.09. The van der Waals surface area contributed by atoms with Gasteiger partial charge in [0.1, 0.15) is 0 Å². The maximum atomic E-state index is 13.0. The molecule has 1 aromatic rings. The molecule has 0 saturated carbocycles. The molecule has 0 amide bonds. The molecule has 0 N–H and O–H groups in total. The molecule has 168 valence electrons. The Morgan fingerprint density at radius 2 is 0.833 bits per heavy atom. The molecule has 0 aliphatic carbocycles. The van der Waals surface area contributed by atoms with Crippen LogP contribution in [0, 0.1) is 0 Å². The summed E-state index contributed by atoms with van der Waals surface area (Å²) >= 11 is 0. The zero-order valence-corrected chi connectivity index (χ0v) is 18.3. The standard InChI is InChI=1S/C21H33N3O6/c1-19(13-28-19)7-4-10-22-16(25)23(11-5-8-20(2)14-29-20)18(27)24(17(22)26)12-6-9-21(3)15-30-21/h4-15H2,1-3H3. The number of ether oxygens (including phenoxy) is 3. The van der Waals surface area contributed by atoms with Crippen LogP contribution in [0.5, 0.6) is 0 Å². The molecule has 4 heterocycles. The number of aromatic nitrogens is 3. The molecule has 0 spiro atoms. The molecular formula is C21H33N3O6. The summed E-state index contributed by atoms with van der Waals surface area (Å²) in [5, 5.41) is 0. The first-order valence-corrected chi connectivity index (χ1v) is 11.0. The number of nitrogens with zero attached hydrogens (tertiary/aromatic N) is 3. The van der Waals surface area contributed by atoms with Crippen molar-refractivity contribution in [2.24, 2.45) is 0 Å². The van der Waals surface area contributed by atoms with Crippen LogP contribution in [-0.4, -0.2) is 50.3 Å². The Balaban J connectivity index is 1.53. The molecule has 3 aliphatic rings. The summed E-state index contributed by atoms with van der Waals surface area (Å²) in [5.74, 6) is 0. The van der Waals surface area contributed by atoms with Crippen molar-refractivity contribution in [1.29, 1.82) is 0 Å². The molecule has 0 radical (unpaired) electrons. The van der Waals surface area contributed by atoms with Crippen molar-refractivity contribution in [3.8, 4) is 0 Å². The molecular weight excluding hydrogens is 390 g/mol. The van der Waals surface area contributed by atoms with E-state index in [1.807, 2.05) is 20.8 Å². The summed E-state index contributed by atoms with van der Waals surface area (Å²) in [5.41, 5.74) is -1.92. The van der Waals surface area contributed by atoms with Gasteiger partial charge in [0.05, 0.1) is 36.6 Å². The van der Waals surface area contributed by atoms with Crippen molar-refractivity contribution < 1.29 is 14.2 Å². The normalized spacial score (nSPS) is 31.7. The number of hydrogen-bond donors (Lipinski definition) is 0. The van der Waals surface area contributed by atoms with E-state index in [2.05, 4.69) is 0 Å². The number of epoxide rings is 3. The Hall–Kier alpha value is -1.71. The lowest BCUT2D eigenvalue weighted by Gasteiger charge is -2.15. The first kappa shape index (κ1) is 21.5. The van der Waals surface area contributed by atoms with Crippen LogP contribution in [0.15, 0.2) is 14.4 Å². The van der Waals surface area contributed by atoms with Crippen LogP contribution in [0.2, 0.25) is 0 Å². The molecule has 3 aliphatic heterocycles. The van der Waals surface area contributed by atoms with Gasteiger partial charge in [-0.3, -0.25) is 0 Å². The van der Waals surface area contributed by atoms with Crippen molar-refractivity contribution in [2.45, 2.75) is 95.7 Å². The van der Waals surface area contributed by atoms with Gasteiger partial charge in [0.25, 0.3) is 0 Å². The van der Waals surface area contributed by atoms with E-state index in [0.717, 1.165) is 19.3 Å². The van der Waals surface area contributed by atoms with Gasteiger partial charge in [0.2, 0.25) is 0 Å². The molecule has 4 rings (SSSR count). The molecule has 0 aromatic carbocycles. The average Bonchev–Trinajstić information content (AvgIpc) is 3.63. The van der Waals surface area contributed by atoms with Gasteiger partial charge >= 0.3 is 17.1 Å². The zero-order chi connectivity index (χ0) is 21.6. The van der Waals surface area contributed by atoms with E-state index < -0.39 is 17.1 Å². The van der Waals surface area contributed by atoms with Crippen molar-refractivity contribution >= 4 is 0 Å². The minimum Gasteiger partial charge on any atom is -0.370 e. The third-order valence-corrected chi connectivity index (χ3v) is 6.56. The minimum absolute atomic E-state index is 0.128. The van der Waals surface area contributed by atoms with Crippen molar-refractivity contribution in [1.82, 2.24) is 13.7 Å². The third-order valence-electron chi connectivity index (χ3n) is 6.56. The predicted molar refractivity (Wildman–Crippen MR) is 110 cm³/mol. The molecule has 3 saturated heterocycles. The van der Waals surface area contributed by atoms with Gasteiger partial charge < -0.3 is 14.2 Å². The SMILES string of the molecule is CC1(CCCn2c(=O)n(CCCC3(C)CO3)c(=O)n(CCCC3(C)CO3)c2=O)CO1. The highest BCUT2D eigenvalue weighted by Crippen LogP contribution is 2.32. The van der Waals surface area contributed by atoms with Crippen molar-refractivity contribution in [3.63, 3.8) is 0 Å². The van der Waals surface area contributed by atoms with Gasteiger partial charge in [-0.05, 0) is 59.3 Å². The highest BCUT2D eigenvalue weighted by molar-refractivity contribution is 4.89. The van der Waals surface area contributed by atoms with Crippen LogP contribution >= 0.6 is 0 Å². The molecule has 0 bridgehead atoms. The Morgan fingerprint density at radius 3 is 1.03 bits per heavy atom. The Morgan fingerprint density at radius 1 is 0.600 bits per heavy atom. The highest BCUT2D eigenvalue weighted by atomic mass is 16.6. The molecule has 3 atom stereocenters. The number of hydrogen-bond acceptors (Lipinski definition) is 6. The second kappa shape index (κ2) is 7.76. The quantitative estimate of drug-likeness (QED) is 0.462. The van der Waals surface area contributed by atoms with E-state index >= 15 is 0 Å². The summed E-state index contributed by atoms with van der Waals surface area (Å²) in [6, 6.07) is 0. The van der Waals surface area contributed by atoms with Gasteiger partial charge in [-0.1, -0.05) is 0 Å². The van der Waals surface area contributed by atoms with Gasteiger partial charge in [-0.15, -0.1) is 0 Å². The van der Waals surface area contributed by atoms with E-state index in [1.54, 1.807) is 0 Å². The van der Waals surface area contributed by atoms with Crippen LogP contribution in [0.1, 0.15) is 59.3 Å². The van der Waals surface area contributed by atoms with Crippen molar-refractivity contribution in [3.05, 3.63) is 31.5 Å². The molecule has 3 fully saturated rings. The van der Waals surface area contributed by atoms with Crippen LogP contribution < -0.4 is 17.1 Å². The second-order valence-electron chi connectivity index (χ2n) is 9.83. The molecule has 3 unspecified atom stereocenters. The highest BCUT2D eigenvalue weighted by Gasteiger charge is 2.39. The fraction of sp³-hybridized carbons (Fsp3) is 0.857. The van der Waals surface area contributed by atoms with E-state index in [4.69, 9.17) is 14.2 Å². The maximum absolute atomic E-state index is 13.0. The second-order valence-corrected chi connectivity index (χ2v) is 9.83. The minimum atomic E-state index is -0.512. The topological polar surface area (TPSA) is 104 Å². The summed E-state index contributed by atoms with van der Waals surface area (Å²) in [7, 11) is 0. The summed E-state index contributed by atoms with van der Waals surface area (Å²) in [6.07, 6.45) is 4.31. The van der Waals surface area contributed by atoms with Crippen LogP contribution in [0.25, 0.3) is 0 Å². The van der Waals surface area contributed by atoms with Crippen LogP contribution in [0.3, 0.4) is 0 Å². The fourth-order valence-corrected chi connectivity index (χ4v) is 3.89. The third kappa shape index (κ3) is 4.95. The van der Waals surface area contributed by atoms with Crippen molar-refractivity contribution in [2.75, 3.05) is 19.8 Å². The van der Waals surface area contributed by atoms with E-state index in [1.165, 1.54) is 13.7 Å². The van der Waals surface area contributed by atoms with Gasteiger partial charge in [-0.25, -0.2) is 28.1 Å². The van der Waals surface area contributed by atoms with Crippen LogP contribution in [-0.2, 0) is 33.8 Å². The molecule has 1 aromatic heterocycles. The van der Waals surface area contributed by atoms with Gasteiger partial charge in [0.15, 0.2) is 0 Å². The zero-order valence-electron chi connectivity index (χ0n) is 18.3. The smallest absolute Gasteiger partial charge is 0.336 e. The van der Waals surface area contributed by atoms with E-state index in [-0.39, 0.29) is 16.8 Å². The summed E-state index contributed by atoms with van der Waals surface area (Å²) in [4.78, 5) is 38.9. The van der Waals surface area contributed by atoms with Crippen LogP contribution in [0.4, 0.5) is 0 Å². The number of rotatable bonds is 12. The Bertz CT molecular complexity index is 808. The fourth-order valence-electron chi connectivity index (χ4n) is 3.89. The Labute approximate surface area is 175 Å². The first-order chi connectivity index (χ1) is 14.1. The molecule has 9 heteroatoms. The van der Waals surface area contributed by atoms with E-state index in [0.29, 0.717) is 58.7 Å². The molecule has 30 heavy (non-hydrogen) atoms. The molecule has 9 nitrogen and oxygen atoms in total. The van der Waals surface area contributed by atoms with Gasteiger partial charge in [-0.2, -0.15) is 0 Å². The first-order valence-electron chi connectivity index (χ1n) is 11.0.